The van der Waals surface area contributed by atoms with Gasteiger partial charge >= 0.3 is 0 Å². The quantitative estimate of drug-likeness (QED) is 0.569. The smallest absolute Gasteiger partial charge is 0.118 e. The van der Waals surface area contributed by atoms with E-state index in [2.05, 4.69) is 22.5 Å². The van der Waals surface area contributed by atoms with Crippen LogP contribution in [0.5, 0.6) is 0 Å². The Balaban J connectivity index is 2.84. The molecule has 0 aliphatic rings. The molecule has 0 atom stereocenters. The van der Waals surface area contributed by atoms with Gasteiger partial charge in [0.05, 0.1) is 7.11 Å². The van der Waals surface area contributed by atoms with Crippen molar-refractivity contribution in [2.24, 2.45) is 0 Å². The van der Waals surface area contributed by atoms with E-state index in [1.807, 2.05) is 24.3 Å². The molecule has 1 aromatic rings. The second kappa shape index (κ2) is 4.31. The first-order valence-electron chi connectivity index (χ1n) is 3.66. The van der Waals surface area contributed by atoms with Gasteiger partial charge in [-0.3, -0.25) is 0 Å². The van der Waals surface area contributed by atoms with Crippen molar-refractivity contribution in [2.75, 3.05) is 7.11 Å². The zero-order chi connectivity index (χ0) is 8.97. The lowest BCUT2D eigenvalue weighted by Crippen LogP contribution is -1.85. The van der Waals surface area contributed by atoms with Crippen molar-refractivity contribution >= 4 is 21.7 Å². The number of hydrogen-bond acceptors (Lipinski definition) is 1. The summed E-state index contributed by atoms with van der Waals surface area (Å²) in [7, 11) is 1.63. The van der Waals surface area contributed by atoms with Crippen molar-refractivity contribution < 1.29 is 4.74 Å². The van der Waals surface area contributed by atoms with Gasteiger partial charge in [-0.2, -0.15) is 0 Å². The molecule has 0 heterocycles. The number of methoxy groups -OCH3 is 1. The fourth-order valence-corrected chi connectivity index (χ4v) is 1.27. The summed E-state index contributed by atoms with van der Waals surface area (Å²) in [6.45, 7) is 3.76. The molecule has 0 aliphatic heterocycles. The van der Waals surface area contributed by atoms with Crippen LogP contribution in [0.15, 0.2) is 30.8 Å². The molecule has 2 heteroatoms. The summed E-state index contributed by atoms with van der Waals surface area (Å²) in [4.78, 5) is 0. The highest BCUT2D eigenvalue weighted by molar-refractivity contribution is 9.08. The molecule has 0 saturated carbocycles. The SMILES string of the molecule is C=C(OC)c1ccc(CBr)cc1. The summed E-state index contributed by atoms with van der Waals surface area (Å²) in [6.07, 6.45) is 0. The normalized spacial score (nSPS) is 9.50. The number of alkyl halides is 1. The highest BCUT2D eigenvalue weighted by Crippen LogP contribution is 2.14. The second-order valence-corrected chi connectivity index (χ2v) is 3.02. The molecule has 1 rings (SSSR count). The van der Waals surface area contributed by atoms with Gasteiger partial charge in [0.25, 0.3) is 0 Å². The molecule has 64 valence electrons. The molecule has 1 aromatic carbocycles. The fraction of sp³-hybridized carbons (Fsp3) is 0.200. The van der Waals surface area contributed by atoms with Crippen LogP contribution in [0.1, 0.15) is 11.1 Å². The molecule has 0 radical (unpaired) electrons. The fourth-order valence-electron chi connectivity index (χ4n) is 0.898. The standard InChI is InChI=1S/C10H11BrO/c1-8(12-2)10-5-3-9(7-11)4-6-10/h3-6H,1,7H2,2H3. The minimum atomic E-state index is 0.705. The first-order chi connectivity index (χ1) is 5.77. The first kappa shape index (κ1) is 9.33. The van der Waals surface area contributed by atoms with Crippen molar-refractivity contribution in [1.82, 2.24) is 0 Å². The number of benzene rings is 1. The number of ether oxygens (including phenoxy) is 1. The summed E-state index contributed by atoms with van der Waals surface area (Å²) in [5.74, 6) is 0.705. The van der Waals surface area contributed by atoms with Gasteiger partial charge in [-0.1, -0.05) is 46.8 Å². The number of halogens is 1. The average molecular weight is 227 g/mol. The second-order valence-electron chi connectivity index (χ2n) is 2.46. The first-order valence-corrected chi connectivity index (χ1v) is 4.78. The largest absolute Gasteiger partial charge is 0.497 e. The Bertz CT molecular complexity index is 264. The van der Waals surface area contributed by atoms with E-state index >= 15 is 0 Å². The summed E-state index contributed by atoms with van der Waals surface area (Å²) >= 11 is 3.38. The van der Waals surface area contributed by atoms with Crippen LogP contribution >= 0.6 is 15.9 Å². The van der Waals surface area contributed by atoms with Gasteiger partial charge < -0.3 is 4.74 Å². The van der Waals surface area contributed by atoms with E-state index in [0.29, 0.717) is 5.76 Å². The predicted molar refractivity (Wildman–Crippen MR) is 55.1 cm³/mol. The molecule has 1 nitrogen and oxygen atoms in total. The van der Waals surface area contributed by atoms with Gasteiger partial charge in [0, 0.05) is 10.9 Å². The third kappa shape index (κ3) is 2.11. The summed E-state index contributed by atoms with van der Waals surface area (Å²) in [5, 5.41) is 0.882. The van der Waals surface area contributed by atoms with Crippen LogP contribution in [-0.2, 0) is 10.1 Å². The van der Waals surface area contributed by atoms with Gasteiger partial charge in [-0.25, -0.2) is 0 Å². The Labute approximate surface area is 81.2 Å². The van der Waals surface area contributed by atoms with Gasteiger partial charge in [-0.05, 0) is 5.56 Å². The molecule has 0 aromatic heterocycles. The maximum Gasteiger partial charge on any atom is 0.118 e. The van der Waals surface area contributed by atoms with Crippen LogP contribution in [-0.4, -0.2) is 7.11 Å². The third-order valence-electron chi connectivity index (χ3n) is 1.68. The lowest BCUT2D eigenvalue weighted by molar-refractivity contribution is 0.371. The van der Waals surface area contributed by atoms with E-state index in [-0.39, 0.29) is 0 Å². The van der Waals surface area contributed by atoms with Crippen molar-refractivity contribution in [1.29, 1.82) is 0 Å². The molecule has 0 amide bonds. The Morgan fingerprint density at radius 2 is 2.00 bits per heavy atom. The molecule has 0 spiro atoms. The maximum atomic E-state index is 5.00. The predicted octanol–water partition coefficient (Wildman–Crippen LogP) is 3.20. The van der Waals surface area contributed by atoms with Crippen molar-refractivity contribution in [3.05, 3.63) is 42.0 Å². The topological polar surface area (TPSA) is 9.23 Å². The van der Waals surface area contributed by atoms with E-state index in [1.54, 1.807) is 7.11 Å². The summed E-state index contributed by atoms with van der Waals surface area (Å²) in [5.41, 5.74) is 2.28. The Morgan fingerprint density at radius 3 is 2.42 bits per heavy atom. The average Bonchev–Trinajstić information content (AvgIpc) is 2.17. The van der Waals surface area contributed by atoms with Crippen molar-refractivity contribution in [2.45, 2.75) is 5.33 Å². The molecule has 0 unspecified atom stereocenters. The van der Waals surface area contributed by atoms with E-state index in [0.717, 1.165) is 10.9 Å². The zero-order valence-electron chi connectivity index (χ0n) is 7.01. The molecular formula is C10H11BrO. The van der Waals surface area contributed by atoms with Crippen LogP contribution < -0.4 is 0 Å². The van der Waals surface area contributed by atoms with Crippen molar-refractivity contribution in [3.63, 3.8) is 0 Å². The highest BCUT2D eigenvalue weighted by Gasteiger charge is 1.96. The van der Waals surface area contributed by atoms with E-state index in [9.17, 15) is 0 Å². The maximum absolute atomic E-state index is 5.00. The molecule has 0 fully saturated rings. The van der Waals surface area contributed by atoms with Crippen LogP contribution in [0, 0.1) is 0 Å². The summed E-state index contributed by atoms with van der Waals surface area (Å²) in [6, 6.07) is 8.10. The lowest BCUT2D eigenvalue weighted by Gasteiger charge is -2.03. The van der Waals surface area contributed by atoms with Crippen molar-refractivity contribution in [3.8, 4) is 0 Å². The molecule has 0 saturated heterocycles. The Kier molecular flexibility index (Phi) is 3.35. The molecule has 0 bridgehead atoms. The highest BCUT2D eigenvalue weighted by atomic mass is 79.9. The van der Waals surface area contributed by atoms with Gasteiger partial charge in [0.2, 0.25) is 0 Å². The zero-order valence-corrected chi connectivity index (χ0v) is 8.60. The number of rotatable bonds is 3. The van der Waals surface area contributed by atoms with Gasteiger partial charge in [0.15, 0.2) is 0 Å². The van der Waals surface area contributed by atoms with Crippen LogP contribution in [0.25, 0.3) is 5.76 Å². The Morgan fingerprint density at radius 1 is 1.42 bits per heavy atom. The van der Waals surface area contributed by atoms with Gasteiger partial charge in [-0.15, -0.1) is 0 Å². The van der Waals surface area contributed by atoms with Gasteiger partial charge in [0.1, 0.15) is 5.76 Å². The lowest BCUT2D eigenvalue weighted by atomic mass is 10.1. The Hall–Kier alpha value is -0.760. The monoisotopic (exact) mass is 226 g/mol. The summed E-state index contributed by atoms with van der Waals surface area (Å²) < 4.78 is 5.00. The van der Waals surface area contributed by atoms with E-state index < -0.39 is 0 Å². The molecule has 12 heavy (non-hydrogen) atoms. The molecular weight excluding hydrogens is 216 g/mol. The molecule has 0 N–H and O–H groups in total. The third-order valence-corrected chi connectivity index (χ3v) is 2.32. The molecule has 0 aliphatic carbocycles. The minimum absolute atomic E-state index is 0.705. The minimum Gasteiger partial charge on any atom is -0.497 e. The van der Waals surface area contributed by atoms with Crippen LogP contribution in [0.4, 0.5) is 0 Å². The van der Waals surface area contributed by atoms with Crippen LogP contribution in [0.2, 0.25) is 0 Å². The van der Waals surface area contributed by atoms with E-state index in [1.165, 1.54) is 5.56 Å². The number of hydrogen-bond donors (Lipinski definition) is 0. The van der Waals surface area contributed by atoms with E-state index in [4.69, 9.17) is 4.74 Å². The van der Waals surface area contributed by atoms with Crippen LogP contribution in [0.3, 0.4) is 0 Å².